The lowest BCUT2D eigenvalue weighted by Crippen LogP contribution is -2.40. The summed E-state index contributed by atoms with van der Waals surface area (Å²) in [6, 6.07) is 13.5. The van der Waals surface area contributed by atoms with Gasteiger partial charge in [-0.25, -0.2) is 4.98 Å². The van der Waals surface area contributed by atoms with Crippen molar-refractivity contribution in [1.82, 2.24) is 14.5 Å². The molecular formula is C22H24Cl2N4O. The minimum atomic E-state index is -0.0850. The molecule has 3 aromatic rings. The fourth-order valence-electron chi connectivity index (χ4n) is 4.05. The number of nitrogens with zero attached hydrogens (tertiary/aromatic N) is 3. The van der Waals surface area contributed by atoms with E-state index in [1.165, 1.54) is 0 Å². The zero-order valence-electron chi connectivity index (χ0n) is 16.4. The first-order chi connectivity index (χ1) is 14.1. The van der Waals surface area contributed by atoms with Gasteiger partial charge in [0.25, 0.3) is 0 Å². The molecule has 1 saturated heterocycles. The van der Waals surface area contributed by atoms with Gasteiger partial charge in [-0.15, -0.1) is 0 Å². The number of carbonyl (C=O) groups is 1. The summed E-state index contributed by atoms with van der Waals surface area (Å²) < 4.78 is 2.25. The Morgan fingerprint density at radius 3 is 2.86 bits per heavy atom. The van der Waals surface area contributed by atoms with Gasteiger partial charge in [0.1, 0.15) is 5.82 Å². The lowest BCUT2D eigenvalue weighted by Gasteiger charge is -2.31. The smallest absolute Gasteiger partial charge is 0.228 e. The van der Waals surface area contributed by atoms with Gasteiger partial charge in [-0.1, -0.05) is 41.4 Å². The Morgan fingerprint density at radius 1 is 1.21 bits per heavy atom. The molecule has 1 fully saturated rings. The van der Waals surface area contributed by atoms with Crippen molar-refractivity contribution < 1.29 is 4.79 Å². The molecule has 1 aromatic heterocycles. The van der Waals surface area contributed by atoms with Crippen LogP contribution in [0.2, 0.25) is 10.0 Å². The van der Waals surface area contributed by atoms with Crippen molar-refractivity contribution in [2.45, 2.75) is 32.9 Å². The SMILES string of the molecule is CCn1c(CN2CCC[C@@H](C(=O)Nc3cccc(Cl)c3Cl)C2)nc2ccccc21. The highest BCUT2D eigenvalue weighted by Gasteiger charge is 2.27. The highest BCUT2D eigenvalue weighted by Crippen LogP contribution is 2.30. The standard InChI is InChI=1S/C22H24Cl2N4O/c1-2-28-19-11-4-3-9-17(19)25-20(28)14-27-12-6-7-15(13-27)22(29)26-18-10-5-8-16(23)21(18)24/h3-5,8-11,15H,2,6-7,12-14H2,1H3,(H,26,29)/t15-/m1/s1. The molecule has 1 N–H and O–H groups in total. The molecule has 1 amide bonds. The number of aryl methyl sites for hydroxylation is 1. The first kappa shape index (κ1) is 20.2. The number of aromatic nitrogens is 2. The molecule has 0 saturated carbocycles. The molecule has 2 heterocycles. The Labute approximate surface area is 180 Å². The van der Waals surface area contributed by atoms with Gasteiger partial charge in [0.05, 0.1) is 39.2 Å². The fraction of sp³-hybridized carbons (Fsp3) is 0.364. The van der Waals surface area contributed by atoms with E-state index in [0.717, 1.165) is 49.3 Å². The van der Waals surface area contributed by atoms with Crippen LogP contribution in [0.15, 0.2) is 42.5 Å². The topological polar surface area (TPSA) is 50.2 Å². The van der Waals surface area contributed by atoms with Crippen LogP contribution in [0.5, 0.6) is 0 Å². The van der Waals surface area contributed by atoms with E-state index in [4.69, 9.17) is 28.2 Å². The van der Waals surface area contributed by atoms with E-state index >= 15 is 0 Å². The summed E-state index contributed by atoms with van der Waals surface area (Å²) in [5.74, 6) is 0.953. The average molecular weight is 431 g/mol. The van der Waals surface area contributed by atoms with Crippen molar-refractivity contribution in [3.8, 4) is 0 Å². The van der Waals surface area contributed by atoms with Gasteiger partial charge in [-0.05, 0) is 50.6 Å². The van der Waals surface area contributed by atoms with E-state index in [0.29, 0.717) is 22.3 Å². The molecule has 29 heavy (non-hydrogen) atoms. The summed E-state index contributed by atoms with van der Waals surface area (Å²) in [6.45, 7) is 5.43. The number of nitrogens with one attached hydrogen (secondary N) is 1. The highest BCUT2D eigenvalue weighted by molar-refractivity contribution is 6.44. The first-order valence-electron chi connectivity index (χ1n) is 9.98. The molecule has 0 aliphatic carbocycles. The number of halogens is 2. The minimum Gasteiger partial charge on any atom is -0.327 e. The molecule has 0 unspecified atom stereocenters. The molecule has 1 aliphatic heterocycles. The van der Waals surface area contributed by atoms with Gasteiger partial charge in [-0.3, -0.25) is 9.69 Å². The number of rotatable bonds is 5. The summed E-state index contributed by atoms with van der Waals surface area (Å²) in [5, 5.41) is 3.77. The van der Waals surface area contributed by atoms with E-state index in [9.17, 15) is 4.79 Å². The van der Waals surface area contributed by atoms with Crippen LogP contribution in [-0.4, -0.2) is 33.4 Å². The Balaban J connectivity index is 1.46. The van der Waals surface area contributed by atoms with Crippen LogP contribution in [-0.2, 0) is 17.9 Å². The van der Waals surface area contributed by atoms with Crippen molar-refractivity contribution in [3.05, 3.63) is 58.3 Å². The maximum Gasteiger partial charge on any atom is 0.228 e. The van der Waals surface area contributed by atoms with E-state index in [1.807, 2.05) is 18.2 Å². The molecule has 152 valence electrons. The van der Waals surface area contributed by atoms with Crippen LogP contribution in [0.25, 0.3) is 11.0 Å². The third-order valence-corrected chi connectivity index (χ3v) is 6.32. The van der Waals surface area contributed by atoms with E-state index in [1.54, 1.807) is 18.2 Å². The zero-order chi connectivity index (χ0) is 20.4. The number of carbonyl (C=O) groups excluding carboxylic acids is 1. The van der Waals surface area contributed by atoms with Gasteiger partial charge in [-0.2, -0.15) is 0 Å². The molecular weight excluding hydrogens is 407 g/mol. The Hall–Kier alpha value is -2.08. The third kappa shape index (κ3) is 4.27. The number of likely N-dealkylation sites (tertiary alicyclic amines) is 1. The predicted octanol–water partition coefficient (Wildman–Crippen LogP) is 5.21. The fourth-order valence-corrected chi connectivity index (χ4v) is 4.40. The van der Waals surface area contributed by atoms with Gasteiger partial charge in [0, 0.05) is 13.1 Å². The largest absolute Gasteiger partial charge is 0.327 e. The van der Waals surface area contributed by atoms with Gasteiger partial charge in [0.15, 0.2) is 0 Å². The van der Waals surface area contributed by atoms with Crippen molar-refractivity contribution in [1.29, 1.82) is 0 Å². The second kappa shape index (κ2) is 8.74. The maximum absolute atomic E-state index is 12.8. The number of amides is 1. The maximum atomic E-state index is 12.8. The normalized spacial score (nSPS) is 17.6. The lowest BCUT2D eigenvalue weighted by molar-refractivity contribution is -0.121. The summed E-state index contributed by atoms with van der Waals surface area (Å²) in [7, 11) is 0. The minimum absolute atomic E-state index is 0.0112. The summed E-state index contributed by atoms with van der Waals surface area (Å²) in [4.78, 5) is 20.0. The molecule has 1 aliphatic rings. The van der Waals surface area contributed by atoms with Crippen LogP contribution in [0.1, 0.15) is 25.6 Å². The summed E-state index contributed by atoms with van der Waals surface area (Å²) in [5.41, 5.74) is 2.74. The molecule has 1 atom stereocenters. The number of anilines is 1. The molecule has 4 rings (SSSR count). The molecule has 7 heteroatoms. The zero-order valence-corrected chi connectivity index (χ0v) is 17.9. The quantitative estimate of drug-likeness (QED) is 0.603. The van der Waals surface area contributed by atoms with Crippen LogP contribution < -0.4 is 5.32 Å². The van der Waals surface area contributed by atoms with Crippen LogP contribution >= 0.6 is 23.2 Å². The third-order valence-electron chi connectivity index (χ3n) is 5.50. The molecule has 5 nitrogen and oxygen atoms in total. The number of piperidine rings is 1. The second-order valence-electron chi connectivity index (χ2n) is 7.43. The van der Waals surface area contributed by atoms with E-state index in [2.05, 4.69) is 27.8 Å². The number of imidazole rings is 1. The van der Waals surface area contributed by atoms with Crippen LogP contribution in [0.3, 0.4) is 0 Å². The number of fused-ring (bicyclic) bond motifs is 1. The number of para-hydroxylation sites is 2. The second-order valence-corrected chi connectivity index (χ2v) is 8.21. The highest BCUT2D eigenvalue weighted by atomic mass is 35.5. The van der Waals surface area contributed by atoms with Gasteiger partial charge >= 0.3 is 0 Å². The Bertz CT molecular complexity index is 1030. The summed E-state index contributed by atoms with van der Waals surface area (Å²) in [6.07, 6.45) is 1.85. The monoisotopic (exact) mass is 430 g/mol. The van der Waals surface area contributed by atoms with Crippen molar-refractivity contribution in [2.75, 3.05) is 18.4 Å². The van der Waals surface area contributed by atoms with Crippen LogP contribution in [0, 0.1) is 5.92 Å². The molecule has 0 bridgehead atoms. The first-order valence-corrected chi connectivity index (χ1v) is 10.7. The predicted molar refractivity (Wildman–Crippen MR) is 118 cm³/mol. The summed E-state index contributed by atoms with van der Waals surface area (Å²) >= 11 is 12.3. The van der Waals surface area contributed by atoms with Crippen molar-refractivity contribution in [3.63, 3.8) is 0 Å². The molecule has 2 aromatic carbocycles. The van der Waals surface area contributed by atoms with Gasteiger partial charge < -0.3 is 9.88 Å². The van der Waals surface area contributed by atoms with Gasteiger partial charge in [0.2, 0.25) is 5.91 Å². The lowest BCUT2D eigenvalue weighted by atomic mass is 9.97. The molecule has 0 spiro atoms. The Morgan fingerprint density at radius 2 is 2.03 bits per heavy atom. The average Bonchev–Trinajstić information content (AvgIpc) is 3.08. The van der Waals surface area contributed by atoms with E-state index < -0.39 is 0 Å². The van der Waals surface area contributed by atoms with Crippen molar-refractivity contribution >= 4 is 45.8 Å². The number of hydrogen-bond donors (Lipinski definition) is 1. The van der Waals surface area contributed by atoms with Crippen LogP contribution in [0.4, 0.5) is 5.69 Å². The Kier molecular flexibility index (Phi) is 6.09. The van der Waals surface area contributed by atoms with E-state index in [-0.39, 0.29) is 11.8 Å². The number of benzene rings is 2. The van der Waals surface area contributed by atoms with Crippen molar-refractivity contribution in [2.24, 2.45) is 5.92 Å². The number of hydrogen-bond acceptors (Lipinski definition) is 3. The molecule has 0 radical (unpaired) electrons.